The second-order valence-electron chi connectivity index (χ2n) is 12.1. The minimum absolute atomic E-state index is 0.0884. The van der Waals surface area contributed by atoms with E-state index in [0.717, 1.165) is 66.8 Å². The number of hydrogen-bond acceptors (Lipinski definition) is 6. The zero-order valence-corrected chi connectivity index (χ0v) is 26.3. The van der Waals surface area contributed by atoms with Gasteiger partial charge in [0.15, 0.2) is 0 Å². The molecule has 4 rings (SSSR count). The lowest BCUT2D eigenvalue weighted by atomic mass is 9.62. The summed E-state index contributed by atoms with van der Waals surface area (Å²) in [5, 5.41) is 10.7. The molecule has 2 aromatic carbocycles. The maximum absolute atomic E-state index is 13.9. The number of benzene rings is 2. The van der Waals surface area contributed by atoms with Gasteiger partial charge < -0.3 is 25.5 Å². The highest BCUT2D eigenvalue weighted by atomic mass is 79.9. The summed E-state index contributed by atoms with van der Waals surface area (Å²) in [4.78, 5) is 29.9. The van der Waals surface area contributed by atoms with Crippen LogP contribution in [0.1, 0.15) is 50.7 Å². The lowest BCUT2D eigenvalue weighted by Gasteiger charge is -2.39. The number of hydrogen-bond donors (Lipinski definition) is 3. The van der Waals surface area contributed by atoms with E-state index in [-0.39, 0.29) is 17.4 Å². The Morgan fingerprint density at radius 3 is 2.62 bits per heavy atom. The first-order valence-electron chi connectivity index (χ1n) is 14.1. The van der Waals surface area contributed by atoms with Crippen LogP contribution >= 0.6 is 27.5 Å². The fraction of sp³-hybridized carbons (Fsp3) is 0.548. The summed E-state index contributed by atoms with van der Waals surface area (Å²) in [5.41, 5.74) is 1.43. The molecule has 9 heteroatoms. The SMILES string of the molecule is CNc1cc(Cl)ccc1[C@]1(C=O)[C@@H](CC(C)(C)C)N[C@@H](C(=O)NCCCN2CCOCC2)[C@@H]1c1cccc(Br)c1. The number of ether oxygens (including phenoxy) is 1. The van der Waals surface area contributed by atoms with Crippen molar-refractivity contribution >= 4 is 45.4 Å². The first kappa shape index (κ1) is 31.0. The van der Waals surface area contributed by atoms with Crippen LogP contribution < -0.4 is 16.0 Å². The Balaban J connectivity index is 1.73. The molecule has 0 aromatic heterocycles. The molecule has 0 bridgehead atoms. The number of nitrogens with one attached hydrogen (secondary N) is 3. The Kier molecular flexibility index (Phi) is 10.3. The molecule has 2 saturated heterocycles. The van der Waals surface area contributed by atoms with Crippen molar-refractivity contribution in [3.05, 3.63) is 63.1 Å². The molecule has 40 heavy (non-hydrogen) atoms. The second kappa shape index (κ2) is 13.3. The van der Waals surface area contributed by atoms with E-state index in [1.54, 1.807) is 0 Å². The molecule has 1 amide bonds. The third-order valence-electron chi connectivity index (χ3n) is 8.08. The molecular weight excluding hydrogens is 592 g/mol. The van der Waals surface area contributed by atoms with Crippen molar-refractivity contribution in [3.63, 3.8) is 0 Å². The molecule has 0 radical (unpaired) electrons. The van der Waals surface area contributed by atoms with Crippen LogP contribution in [0.2, 0.25) is 5.02 Å². The molecule has 4 atom stereocenters. The molecular formula is C31H42BrClN4O3. The van der Waals surface area contributed by atoms with Crippen LogP contribution in [0, 0.1) is 5.41 Å². The number of halogens is 2. The molecule has 0 saturated carbocycles. The fourth-order valence-corrected chi connectivity index (χ4v) is 6.89. The number of carbonyl (C=O) groups is 2. The lowest BCUT2D eigenvalue weighted by Crippen LogP contribution is -2.46. The van der Waals surface area contributed by atoms with Crippen molar-refractivity contribution in [2.24, 2.45) is 5.41 Å². The van der Waals surface area contributed by atoms with E-state index in [1.165, 1.54) is 0 Å². The zero-order chi connectivity index (χ0) is 28.9. The Labute approximate surface area is 251 Å². The van der Waals surface area contributed by atoms with E-state index in [9.17, 15) is 9.59 Å². The van der Waals surface area contributed by atoms with Crippen molar-refractivity contribution in [1.29, 1.82) is 0 Å². The van der Waals surface area contributed by atoms with Gasteiger partial charge in [-0.05, 0) is 60.2 Å². The molecule has 2 aliphatic heterocycles. The average Bonchev–Trinajstić information content (AvgIpc) is 3.24. The Hall–Kier alpha value is -1.97. The van der Waals surface area contributed by atoms with Crippen molar-refractivity contribution in [1.82, 2.24) is 15.5 Å². The average molecular weight is 634 g/mol. The molecule has 2 fully saturated rings. The summed E-state index contributed by atoms with van der Waals surface area (Å²) in [6.45, 7) is 11.3. The number of morpholine rings is 1. The first-order valence-corrected chi connectivity index (χ1v) is 15.3. The largest absolute Gasteiger partial charge is 0.388 e. The smallest absolute Gasteiger partial charge is 0.237 e. The quantitative estimate of drug-likeness (QED) is 0.253. The van der Waals surface area contributed by atoms with Crippen LogP contribution in [0.5, 0.6) is 0 Å². The number of aldehydes is 1. The van der Waals surface area contributed by atoms with E-state index >= 15 is 0 Å². The monoisotopic (exact) mass is 632 g/mol. The molecule has 2 heterocycles. The number of amides is 1. The zero-order valence-electron chi connectivity index (χ0n) is 23.9. The first-order chi connectivity index (χ1) is 19.1. The number of anilines is 1. The van der Waals surface area contributed by atoms with Gasteiger partial charge in [0.1, 0.15) is 6.29 Å². The third kappa shape index (κ3) is 6.90. The molecule has 218 valence electrons. The molecule has 0 aliphatic carbocycles. The molecule has 3 N–H and O–H groups in total. The Morgan fingerprint density at radius 2 is 1.98 bits per heavy atom. The van der Waals surface area contributed by atoms with Crippen LogP contribution in [0.4, 0.5) is 5.69 Å². The predicted molar refractivity (Wildman–Crippen MR) is 165 cm³/mol. The fourth-order valence-electron chi connectivity index (χ4n) is 6.30. The lowest BCUT2D eigenvalue weighted by molar-refractivity contribution is -0.123. The van der Waals surface area contributed by atoms with Crippen LogP contribution in [0.25, 0.3) is 0 Å². The van der Waals surface area contributed by atoms with Gasteiger partial charge in [-0.2, -0.15) is 0 Å². The van der Waals surface area contributed by atoms with E-state index in [2.05, 4.69) is 57.6 Å². The number of nitrogens with zero attached hydrogens (tertiary/aromatic N) is 1. The van der Waals surface area contributed by atoms with Gasteiger partial charge in [-0.3, -0.25) is 9.69 Å². The summed E-state index contributed by atoms with van der Waals surface area (Å²) in [7, 11) is 1.83. The normalized spacial score (nSPS) is 25.5. The Morgan fingerprint density at radius 1 is 1.23 bits per heavy atom. The predicted octanol–water partition coefficient (Wildman–Crippen LogP) is 4.98. The minimum Gasteiger partial charge on any atom is -0.388 e. The standard InChI is InChI=1S/C31H42BrClN4O3/c1-30(2,3)19-26-31(20-38,24-10-9-23(33)18-25(24)34-4)27(21-7-5-8-22(32)17-21)28(36-26)29(39)35-11-6-12-37-13-15-40-16-14-37/h5,7-10,17-18,20,26-28,34,36H,6,11-16,19H2,1-4H3,(H,35,39)/t26-,27+,28-,31-/m1/s1. The van der Waals surface area contributed by atoms with Crippen molar-refractivity contribution < 1.29 is 14.3 Å². The minimum atomic E-state index is -1.02. The molecule has 0 spiro atoms. The van der Waals surface area contributed by atoms with E-state index < -0.39 is 17.4 Å². The summed E-state index contributed by atoms with van der Waals surface area (Å²) in [6.07, 6.45) is 2.62. The number of rotatable bonds is 10. The van der Waals surface area contributed by atoms with Crippen LogP contribution in [0.3, 0.4) is 0 Å². The summed E-state index contributed by atoms with van der Waals surface area (Å²) >= 11 is 10.0. The van der Waals surface area contributed by atoms with Gasteiger partial charge in [0.2, 0.25) is 5.91 Å². The number of carbonyl (C=O) groups excluding carboxylic acids is 2. The summed E-state index contributed by atoms with van der Waals surface area (Å²) in [5.74, 6) is -0.531. The van der Waals surface area contributed by atoms with Gasteiger partial charge in [0.25, 0.3) is 0 Å². The van der Waals surface area contributed by atoms with Crippen molar-refractivity contribution in [2.45, 2.75) is 57.0 Å². The van der Waals surface area contributed by atoms with Gasteiger partial charge in [-0.15, -0.1) is 0 Å². The van der Waals surface area contributed by atoms with Gasteiger partial charge in [0.05, 0.1) is 24.7 Å². The molecule has 2 aliphatic rings. The molecule has 0 unspecified atom stereocenters. The molecule has 2 aromatic rings. The third-order valence-corrected chi connectivity index (χ3v) is 8.81. The van der Waals surface area contributed by atoms with Crippen LogP contribution in [0.15, 0.2) is 46.9 Å². The molecule has 7 nitrogen and oxygen atoms in total. The van der Waals surface area contributed by atoms with Gasteiger partial charge in [-0.25, -0.2) is 0 Å². The van der Waals surface area contributed by atoms with Gasteiger partial charge in [-0.1, -0.05) is 66.5 Å². The van der Waals surface area contributed by atoms with E-state index in [1.807, 2.05) is 49.5 Å². The highest BCUT2D eigenvalue weighted by molar-refractivity contribution is 9.10. The van der Waals surface area contributed by atoms with Gasteiger partial charge >= 0.3 is 0 Å². The highest BCUT2D eigenvalue weighted by Gasteiger charge is 2.59. The Bertz CT molecular complexity index is 1180. The topological polar surface area (TPSA) is 82.7 Å². The van der Waals surface area contributed by atoms with Crippen LogP contribution in [-0.4, -0.2) is 75.6 Å². The van der Waals surface area contributed by atoms with Crippen molar-refractivity contribution in [2.75, 3.05) is 51.8 Å². The van der Waals surface area contributed by atoms with E-state index in [0.29, 0.717) is 18.0 Å². The van der Waals surface area contributed by atoms with E-state index in [4.69, 9.17) is 16.3 Å². The van der Waals surface area contributed by atoms with Crippen LogP contribution in [-0.2, 0) is 19.7 Å². The van der Waals surface area contributed by atoms with Gasteiger partial charge in [0, 0.05) is 53.8 Å². The summed E-state index contributed by atoms with van der Waals surface area (Å²) < 4.78 is 6.35. The summed E-state index contributed by atoms with van der Waals surface area (Å²) in [6, 6.07) is 12.7. The highest BCUT2D eigenvalue weighted by Crippen LogP contribution is 2.52. The maximum atomic E-state index is 13.9. The van der Waals surface area contributed by atoms with Crippen molar-refractivity contribution in [3.8, 4) is 0 Å². The second-order valence-corrected chi connectivity index (χ2v) is 13.4. The maximum Gasteiger partial charge on any atom is 0.237 e.